The van der Waals surface area contributed by atoms with E-state index < -0.39 is 0 Å². The minimum Gasteiger partial charge on any atom is -0.494 e. The number of nitrogens with zero attached hydrogens (tertiary/aromatic N) is 1. The van der Waals surface area contributed by atoms with Crippen LogP contribution in [-0.2, 0) is 0 Å². The van der Waals surface area contributed by atoms with E-state index in [1.54, 1.807) is 6.08 Å². The molecule has 0 saturated carbocycles. The highest BCUT2D eigenvalue weighted by Gasteiger charge is 2.04. The fourth-order valence-electron chi connectivity index (χ4n) is 3.63. The number of hydrogen-bond donors (Lipinski definition) is 0. The van der Waals surface area contributed by atoms with Gasteiger partial charge in [-0.15, -0.1) is 0 Å². The molecular weight excluding hydrogens is 394 g/mol. The molecule has 174 valence electrons. The number of carbonyl (C=O) groups excluding carboxylic acids is 1. The zero-order valence-corrected chi connectivity index (χ0v) is 20.1. The average Bonchev–Trinajstić information content (AvgIpc) is 2.84. The lowest BCUT2D eigenvalue weighted by Crippen LogP contribution is -2.27. The monoisotopic (exact) mass is 435 g/mol. The first-order valence-electron chi connectivity index (χ1n) is 12.5. The van der Waals surface area contributed by atoms with Crippen LogP contribution >= 0.6 is 0 Å². The third-order valence-corrected chi connectivity index (χ3v) is 5.66. The lowest BCUT2D eigenvalue weighted by atomic mass is 10.1. The van der Waals surface area contributed by atoms with Crippen LogP contribution in [0.25, 0.3) is 6.08 Å². The maximum absolute atomic E-state index is 12.3. The van der Waals surface area contributed by atoms with Gasteiger partial charge in [0.05, 0.1) is 6.61 Å². The van der Waals surface area contributed by atoms with Crippen LogP contribution in [0.1, 0.15) is 81.1 Å². The summed E-state index contributed by atoms with van der Waals surface area (Å²) in [6.45, 7) is 9.00. The molecule has 3 nitrogen and oxygen atoms in total. The van der Waals surface area contributed by atoms with Gasteiger partial charge >= 0.3 is 0 Å². The van der Waals surface area contributed by atoms with Gasteiger partial charge in [0.2, 0.25) is 0 Å². The molecule has 0 atom stereocenters. The summed E-state index contributed by atoms with van der Waals surface area (Å²) in [5.41, 5.74) is 1.70. The molecule has 0 aliphatic carbocycles. The molecular formula is C29H41NO2. The van der Waals surface area contributed by atoms with Crippen molar-refractivity contribution in [2.45, 2.75) is 65.2 Å². The van der Waals surface area contributed by atoms with Gasteiger partial charge in [0, 0.05) is 5.56 Å². The SMILES string of the molecule is CCCCN(CCCC)CCCCCCOc1ccc(C(=O)/C=C/c2ccccc2)cc1. The Hall–Kier alpha value is -2.39. The Morgan fingerprint density at radius 3 is 2.06 bits per heavy atom. The second-order valence-electron chi connectivity index (χ2n) is 8.44. The van der Waals surface area contributed by atoms with Gasteiger partial charge in [0.15, 0.2) is 5.78 Å². The molecule has 2 aromatic rings. The third kappa shape index (κ3) is 10.8. The summed E-state index contributed by atoms with van der Waals surface area (Å²) < 4.78 is 5.86. The Bertz CT molecular complexity index is 760. The Balaban J connectivity index is 1.61. The van der Waals surface area contributed by atoms with Crippen molar-refractivity contribution in [2.75, 3.05) is 26.2 Å². The van der Waals surface area contributed by atoms with Crippen LogP contribution in [0, 0.1) is 0 Å². The summed E-state index contributed by atoms with van der Waals surface area (Å²) in [6.07, 6.45) is 13.5. The number of allylic oxidation sites excluding steroid dienone is 1. The van der Waals surface area contributed by atoms with E-state index in [0.717, 1.165) is 24.3 Å². The molecule has 0 saturated heterocycles. The minimum atomic E-state index is 0.00678. The highest BCUT2D eigenvalue weighted by atomic mass is 16.5. The molecule has 0 aromatic heterocycles. The lowest BCUT2D eigenvalue weighted by molar-refractivity contribution is 0.104. The van der Waals surface area contributed by atoms with Crippen LogP contribution in [0.4, 0.5) is 0 Å². The summed E-state index contributed by atoms with van der Waals surface area (Å²) >= 11 is 0. The van der Waals surface area contributed by atoms with Crippen LogP contribution in [0.3, 0.4) is 0 Å². The molecule has 0 fully saturated rings. The maximum Gasteiger partial charge on any atom is 0.185 e. The summed E-state index contributed by atoms with van der Waals surface area (Å²) in [5.74, 6) is 0.839. The molecule has 2 aromatic carbocycles. The van der Waals surface area contributed by atoms with Gasteiger partial charge in [-0.05, 0) is 81.2 Å². The normalized spacial score (nSPS) is 11.3. The number of ketones is 1. The zero-order valence-electron chi connectivity index (χ0n) is 20.1. The smallest absolute Gasteiger partial charge is 0.185 e. The Morgan fingerprint density at radius 2 is 1.41 bits per heavy atom. The van der Waals surface area contributed by atoms with Crippen LogP contribution in [0.15, 0.2) is 60.7 Å². The molecule has 0 radical (unpaired) electrons. The largest absolute Gasteiger partial charge is 0.494 e. The van der Waals surface area contributed by atoms with Crippen molar-refractivity contribution < 1.29 is 9.53 Å². The van der Waals surface area contributed by atoms with Crippen molar-refractivity contribution in [3.05, 3.63) is 71.8 Å². The van der Waals surface area contributed by atoms with E-state index in [1.807, 2.05) is 60.7 Å². The third-order valence-electron chi connectivity index (χ3n) is 5.66. The van der Waals surface area contributed by atoms with Crippen molar-refractivity contribution in [2.24, 2.45) is 0 Å². The quantitative estimate of drug-likeness (QED) is 0.147. The van der Waals surface area contributed by atoms with Gasteiger partial charge in [0.1, 0.15) is 5.75 Å². The summed E-state index contributed by atoms with van der Waals surface area (Å²) in [5, 5.41) is 0. The topological polar surface area (TPSA) is 29.5 Å². The number of unbranched alkanes of at least 4 members (excludes halogenated alkanes) is 5. The fourth-order valence-corrected chi connectivity index (χ4v) is 3.63. The predicted octanol–water partition coefficient (Wildman–Crippen LogP) is 7.42. The second-order valence-corrected chi connectivity index (χ2v) is 8.44. The molecule has 0 amide bonds. The Kier molecular flexibility index (Phi) is 13.2. The molecule has 0 spiro atoms. The molecule has 0 aliphatic rings. The van der Waals surface area contributed by atoms with Crippen LogP contribution < -0.4 is 4.74 Å². The standard InChI is InChI=1S/C29H41NO2/c1-3-5-22-30(23-6-4-2)24-12-7-8-13-25-32-28-19-17-27(18-20-28)29(31)21-16-26-14-10-9-11-15-26/h9-11,14-21H,3-8,12-13,22-25H2,1-2H3/b21-16+. The van der Waals surface area contributed by atoms with Gasteiger partial charge in [0.25, 0.3) is 0 Å². The van der Waals surface area contributed by atoms with E-state index in [0.29, 0.717) is 5.56 Å². The van der Waals surface area contributed by atoms with Crippen molar-refractivity contribution in [1.82, 2.24) is 4.90 Å². The van der Waals surface area contributed by atoms with Crippen molar-refractivity contribution in [3.63, 3.8) is 0 Å². The van der Waals surface area contributed by atoms with E-state index in [2.05, 4.69) is 18.7 Å². The molecule has 0 aliphatic heterocycles. The van der Waals surface area contributed by atoms with Crippen molar-refractivity contribution >= 4 is 11.9 Å². The van der Waals surface area contributed by atoms with E-state index in [1.165, 1.54) is 64.6 Å². The first kappa shape index (κ1) is 25.9. The first-order chi connectivity index (χ1) is 15.7. The molecule has 3 heteroatoms. The van der Waals surface area contributed by atoms with Crippen molar-refractivity contribution in [3.8, 4) is 5.75 Å². The highest BCUT2D eigenvalue weighted by molar-refractivity contribution is 6.06. The molecule has 0 unspecified atom stereocenters. The molecule has 2 rings (SSSR count). The van der Waals surface area contributed by atoms with Crippen molar-refractivity contribution in [1.29, 1.82) is 0 Å². The molecule has 32 heavy (non-hydrogen) atoms. The van der Waals surface area contributed by atoms with Gasteiger partial charge < -0.3 is 9.64 Å². The Morgan fingerprint density at radius 1 is 0.781 bits per heavy atom. The molecule has 0 N–H and O–H groups in total. The summed E-state index contributed by atoms with van der Waals surface area (Å²) in [6, 6.07) is 17.3. The van der Waals surface area contributed by atoms with Crippen LogP contribution in [0.2, 0.25) is 0 Å². The second kappa shape index (κ2) is 16.3. The summed E-state index contributed by atoms with van der Waals surface area (Å²) in [4.78, 5) is 15.0. The first-order valence-corrected chi connectivity index (χ1v) is 12.5. The zero-order chi connectivity index (χ0) is 22.9. The number of carbonyl (C=O) groups is 1. The number of hydrogen-bond acceptors (Lipinski definition) is 3. The van der Waals surface area contributed by atoms with Crippen LogP contribution in [-0.4, -0.2) is 36.9 Å². The number of rotatable bonds is 17. The number of ether oxygens (including phenoxy) is 1. The average molecular weight is 436 g/mol. The Labute approximate surface area is 195 Å². The van der Waals surface area contributed by atoms with Gasteiger partial charge in [-0.1, -0.05) is 75.9 Å². The van der Waals surface area contributed by atoms with E-state index in [-0.39, 0.29) is 5.78 Å². The van der Waals surface area contributed by atoms with Gasteiger partial charge in [-0.2, -0.15) is 0 Å². The molecule has 0 bridgehead atoms. The molecule has 0 heterocycles. The van der Waals surface area contributed by atoms with Crippen LogP contribution in [0.5, 0.6) is 5.75 Å². The van der Waals surface area contributed by atoms with E-state index in [4.69, 9.17) is 4.74 Å². The van der Waals surface area contributed by atoms with E-state index >= 15 is 0 Å². The van der Waals surface area contributed by atoms with Gasteiger partial charge in [-0.3, -0.25) is 4.79 Å². The summed E-state index contributed by atoms with van der Waals surface area (Å²) in [7, 11) is 0. The maximum atomic E-state index is 12.3. The predicted molar refractivity (Wildman–Crippen MR) is 136 cm³/mol. The fraction of sp³-hybridized carbons (Fsp3) is 0.483. The number of benzene rings is 2. The highest BCUT2D eigenvalue weighted by Crippen LogP contribution is 2.15. The lowest BCUT2D eigenvalue weighted by Gasteiger charge is -2.21. The minimum absolute atomic E-state index is 0.00678. The van der Waals surface area contributed by atoms with E-state index in [9.17, 15) is 4.79 Å². The van der Waals surface area contributed by atoms with Gasteiger partial charge in [-0.25, -0.2) is 0 Å².